The summed E-state index contributed by atoms with van der Waals surface area (Å²) in [6.07, 6.45) is 1.68. The molecular weight excluding hydrogens is 224 g/mol. The van der Waals surface area contributed by atoms with Gasteiger partial charge in [-0.05, 0) is 25.1 Å². The molecule has 0 radical (unpaired) electrons. The van der Waals surface area contributed by atoms with Crippen LogP contribution in [-0.2, 0) is 0 Å². The van der Waals surface area contributed by atoms with Gasteiger partial charge in [0.1, 0.15) is 23.4 Å². The maximum absolute atomic E-state index is 6.06. The first-order valence-electron chi connectivity index (χ1n) is 4.94. The van der Waals surface area contributed by atoms with E-state index in [4.69, 9.17) is 16.0 Å². The predicted octanol–water partition coefficient (Wildman–Crippen LogP) is 3.78. The monoisotopic (exact) mass is 232 g/mol. The molecule has 0 aliphatic rings. The lowest BCUT2D eigenvalue weighted by Gasteiger charge is -1.88. The molecule has 2 aromatic heterocycles. The SMILES string of the molecule is Cc1cc(-c2nc3c(Cl)cccc3[nH]2)co1. The normalized spacial score (nSPS) is 11.1. The standard InChI is InChI=1S/C12H9ClN2O/c1-7-5-8(6-16-7)12-14-10-4-2-3-9(13)11(10)15-12/h2-6H,1H3,(H,14,15). The van der Waals surface area contributed by atoms with Crippen LogP contribution in [0.1, 0.15) is 5.76 Å². The second-order valence-electron chi connectivity index (χ2n) is 3.67. The topological polar surface area (TPSA) is 41.8 Å². The molecule has 3 rings (SSSR count). The molecule has 0 aliphatic heterocycles. The quantitative estimate of drug-likeness (QED) is 0.694. The number of aromatic amines is 1. The number of H-pyrrole nitrogens is 1. The van der Waals surface area contributed by atoms with Crippen LogP contribution in [0.25, 0.3) is 22.4 Å². The fourth-order valence-electron chi connectivity index (χ4n) is 1.70. The van der Waals surface area contributed by atoms with Crippen LogP contribution >= 0.6 is 11.6 Å². The van der Waals surface area contributed by atoms with E-state index in [1.807, 2.05) is 31.2 Å². The summed E-state index contributed by atoms with van der Waals surface area (Å²) in [7, 11) is 0. The number of para-hydroxylation sites is 1. The van der Waals surface area contributed by atoms with E-state index in [-0.39, 0.29) is 0 Å². The second-order valence-corrected chi connectivity index (χ2v) is 4.07. The summed E-state index contributed by atoms with van der Waals surface area (Å²) in [5, 5.41) is 0.653. The van der Waals surface area contributed by atoms with Crippen LogP contribution in [-0.4, -0.2) is 9.97 Å². The van der Waals surface area contributed by atoms with Crippen LogP contribution < -0.4 is 0 Å². The molecule has 80 valence electrons. The predicted molar refractivity (Wildman–Crippen MR) is 63.5 cm³/mol. The smallest absolute Gasteiger partial charge is 0.141 e. The number of nitrogens with zero attached hydrogens (tertiary/aromatic N) is 1. The van der Waals surface area contributed by atoms with Gasteiger partial charge in [0.15, 0.2) is 0 Å². The summed E-state index contributed by atoms with van der Waals surface area (Å²) < 4.78 is 5.25. The van der Waals surface area contributed by atoms with Crippen molar-refractivity contribution in [3.8, 4) is 11.4 Å². The lowest BCUT2D eigenvalue weighted by atomic mass is 10.3. The molecule has 0 aliphatic carbocycles. The fraction of sp³-hybridized carbons (Fsp3) is 0.0833. The number of hydrogen-bond acceptors (Lipinski definition) is 2. The Morgan fingerprint density at radius 3 is 2.94 bits per heavy atom. The zero-order valence-electron chi connectivity index (χ0n) is 8.62. The average Bonchev–Trinajstić information content (AvgIpc) is 2.84. The number of hydrogen-bond donors (Lipinski definition) is 1. The molecule has 2 heterocycles. The van der Waals surface area contributed by atoms with Crippen molar-refractivity contribution in [3.05, 3.63) is 41.3 Å². The van der Waals surface area contributed by atoms with Crippen molar-refractivity contribution in [1.82, 2.24) is 9.97 Å². The van der Waals surface area contributed by atoms with E-state index >= 15 is 0 Å². The maximum atomic E-state index is 6.06. The van der Waals surface area contributed by atoms with E-state index in [0.717, 1.165) is 28.2 Å². The van der Waals surface area contributed by atoms with Crippen molar-refractivity contribution in [2.45, 2.75) is 6.92 Å². The molecule has 0 unspecified atom stereocenters. The van der Waals surface area contributed by atoms with Crippen molar-refractivity contribution in [2.24, 2.45) is 0 Å². The molecule has 0 atom stereocenters. The third-order valence-electron chi connectivity index (χ3n) is 2.47. The number of benzene rings is 1. The third kappa shape index (κ3) is 1.41. The Bertz CT molecular complexity index is 654. The van der Waals surface area contributed by atoms with Crippen molar-refractivity contribution >= 4 is 22.6 Å². The first-order valence-corrected chi connectivity index (χ1v) is 5.31. The zero-order chi connectivity index (χ0) is 11.1. The lowest BCUT2D eigenvalue weighted by molar-refractivity contribution is 0.535. The number of imidazole rings is 1. The second kappa shape index (κ2) is 3.39. The van der Waals surface area contributed by atoms with Gasteiger partial charge in [-0.3, -0.25) is 0 Å². The Morgan fingerprint density at radius 2 is 2.25 bits per heavy atom. The molecule has 0 bridgehead atoms. The van der Waals surface area contributed by atoms with E-state index in [1.165, 1.54) is 0 Å². The molecule has 1 aromatic carbocycles. The zero-order valence-corrected chi connectivity index (χ0v) is 9.38. The van der Waals surface area contributed by atoms with Crippen molar-refractivity contribution in [2.75, 3.05) is 0 Å². The van der Waals surface area contributed by atoms with E-state index < -0.39 is 0 Å². The van der Waals surface area contributed by atoms with Gasteiger partial charge in [0.05, 0.1) is 16.1 Å². The minimum Gasteiger partial charge on any atom is -0.469 e. The van der Waals surface area contributed by atoms with E-state index in [9.17, 15) is 0 Å². The maximum Gasteiger partial charge on any atom is 0.141 e. The summed E-state index contributed by atoms with van der Waals surface area (Å²) in [4.78, 5) is 7.66. The van der Waals surface area contributed by atoms with Gasteiger partial charge in [-0.15, -0.1) is 0 Å². The van der Waals surface area contributed by atoms with Gasteiger partial charge in [0, 0.05) is 0 Å². The fourth-order valence-corrected chi connectivity index (χ4v) is 1.92. The van der Waals surface area contributed by atoms with Crippen LogP contribution in [0.15, 0.2) is 34.9 Å². The molecule has 3 nitrogen and oxygen atoms in total. The van der Waals surface area contributed by atoms with E-state index in [0.29, 0.717) is 5.02 Å². The highest BCUT2D eigenvalue weighted by atomic mass is 35.5. The molecule has 0 fully saturated rings. The highest BCUT2D eigenvalue weighted by Gasteiger charge is 2.09. The van der Waals surface area contributed by atoms with Crippen LogP contribution in [0.2, 0.25) is 5.02 Å². The minimum absolute atomic E-state index is 0.653. The van der Waals surface area contributed by atoms with Gasteiger partial charge >= 0.3 is 0 Å². The molecule has 3 aromatic rings. The number of nitrogens with one attached hydrogen (secondary N) is 1. The van der Waals surface area contributed by atoms with Gasteiger partial charge in [0.25, 0.3) is 0 Å². The van der Waals surface area contributed by atoms with Crippen molar-refractivity contribution in [1.29, 1.82) is 0 Å². The first kappa shape index (κ1) is 9.48. The van der Waals surface area contributed by atoms with Crippen LogP contribution in [0.3, 0.4) is 0 Å². The largest absolute Gasteiger partial charge is 0.469 e. The molecular formula is C12H9ClN2O. The first-order chi connectivity index (χ1) is 7.74. The number of halogens is 1. The third-order valence-corrected chi connectivity index (χ3v) is 2.77. The Balaban J connectivity index is 2.22. The molecule has 1 N–H and O–H groups in total. The Hall–Kier alpha value is -1.74. The highest BCUT2D eigenvalue weighted by Crippen LogP contribution is 2.26. The lowest BCUT2D eigenvalue weighted by Crippen LogP contribution is -1.74. The summed E-state index contributed by atoms with van der Waals surface area (Å²) >= 11 is 6.06. The summed E-state index contributed by atoms with van der Waals surface area (Å²) in [6.45, 7) is 1.90. The minimum atomic E-state index is 0.653. The average molecular weight is 233 g/mol. The summed E-state index contributed by atoms with van der Waals surface area (Å²) in [6, 6.07) is 7.61. The molecule has 4 heteroatoms. The molecule has 0 saturated carbocycles. The number of aryl methyl sites for hydroxylation is 1. The van der Waals surface area contributed by atoms with Gasteiger partial charge in [-0.2, -0.15) is 0 Å². The van der Waals surface area contributed by atoms with Crippen LogP contribution in [0, 0.1) is 6.92 Å². The van der Waals surface area contributed by atoms with Crippen molar-refractivity contribution in [3.63, 3.8) is 0 Å². The summed E-state index contributed by atoms with van der Waals surface area (Å²) in [5.74, 6) is 1.64. The highest BCUT2D eigenvalue weighted by molar-refractivity contribution is 6.34. The molecule has 0 amide bonds. The number of rotatable bonds is 1. The van der Waals surface area contributed by atoms with Gasteiger partial charge in [-0.1, -0.05) is 17.7 Å². The van der Waals surface area contributed by atoms with E-state index in [1.54, 1.807) is 6.26 Å². The van der Waals surface area contributed by atoms with Gasteiger partial charge in [-0.25, -0.2) is 4.98 Å². The Kier molecular flexibility index (Phi) is 2.01. The van der Waals surface area contributed by atoms with Gasteiger partial charge < -0.3 is 9.40 Å². The van der Waals surface area contributed by atoms with Crippen LogP contribution in [0.4, 0.5) is 0 Å². The molecule has 16 heavy (non-hydrogen) atoms. The van der Waals surface area contributed by atoms with Crippen molar-refractivity contribution < 1.29 is 4.42 Å². The molecule has 0 spiro atoms. The molecule has 0 saturated heterocycles. The van der Waals surface area contributed by atoms with Gasteiger partial charge in [0.2, 0.25) is 0 Å². The summed E-state index contributed by atoms with van der Waals surface area (Å²) in [5.41, 5.74) is 2.66. The van der Waals surface area contributed by atoms with Crippen LogP contribution in [0.5, 0.6) is 0 Å². The Morgan fingerprint density at radius 1 is 1.38 bits per heavy atom. The number of aromatic nitrogens is 2. The Labute approximate surface area is 97.1 Å². The number of fused-ring (bicyclic) bond motifs is 1. The number of furan rings is 1. The van der Waals surface area contributed by atoms with E-state index in [2.05, 4.69) is 9.97 Å².